The number of nitrogens with one attached hydrogen (secondary N) is 1. The minimum Gasteiger partial charge on any atom is -0.347 e. The highest BCUT2D eigenvalue weighted by atomic mass is 16.1. The van der Waals surface area contributed by atoms with Crippen LogP contribution >= 0.6 is 0 Å². The van der Waals surface area contributed by atoms with Crippen LogP contribution in [0.2, 0.25) is 0 Å². The van der Waals surface area contributed by atoms with E-state index in [1.54, 1.807) is 12.1 Å². The van der Waals surface area contributed by atoms with E-state index in [-0.39, 0.29) is 5.91 Å². The molecule has 3 aromatic rings. The Balaban J connectivity index is 1.94. The number of hydrogen-bond acceptors (Lipinski definition) is 4. The number of anilines is 2. The van der Waals surface area contributed by atoms with E-state index < -0.39 is 0 Å². The molecule has 1 amide bonds. The maximum atomic E-state index is 12.2. The molecule has 0 aliphatic rings. The lowest BCUT2D eigenvalue weighted by Crippen LogP contribution is -2.25. The van der Waals surface area contributed by atoms with Gasteiger partial charge in [-0.3, -0.25) is 4.79 Å². The fourth-order valence-electron chi connectivity index (χ4n) is 2.55. The van der Waals surface area contributed by atoms with E-state index in [0.717, 1.165) is 11.3 Å². The second-order valence-electron chi connectivity index (χ2n) is 5.67. The van der Waals surface area contributed by atoms with Gasteiger partial charge in [0.15, 0.2) is 0 Å². The molecule has 0 bridgehead atoms. The second-order valence-corrected chi connectivity index (χ2v) is 5.67. The number of para-hydroxylation sites is 1. The van der Waals surface area contributed by atoms with E-state index in [4.69, 9.17) is 0 Å². The van der Waals surface area contributed by atoms with Crippen LogP contribution in [0.4, 0.5) is 11.5 Å². The molecule has 1 aromatic heterocycles. The van der Waals surface area contributed by atoms with Crippen molar-refractivity contribution >= 4 is 17.4 Å². The van der Waals surface area contributed by atoms with Crippen LogP contribution in [0.25, 0.3) is 0 Å². The quantitative estimate of drug-likeness (QED) is 0.664. The van der Waals surface area contributed by atoms with E-state index in [0.29, 0.717) is 24.6 Å². The Morgan fingerprint density at radius 1 is 1.04 bits per heavy atom. The number of rotatable bonds is 7. The summed E-state index contributed by atoms with van der Waals surface area (Å²) < 4.78 is 0. The van der Waals surface area contributed by atoms with Gasteiger partial charge in [0.1, 0.15) is 17.8 Å². The number of amides is 1. The first-order valence-electron chi connectivity index (χ1n) is 8.35. The third-order valence-corrected chi connectivity index (χ3v) is 3.82. The molecule has 3 rings (SSSR count). The van der Waals surface area contributed by atoms with Gasteiger partial charge in [0.2, 0.25) is 0 Å². The van der Waals surface area contributed by atoms with Gasteiger partial charge in [-0.1, -0.05) is 54.6 Å². The highest BCUT2D eigenvalue weighted by Crippen LogP contribution is 2.25. The van der Waals surface area contributed by atoms with E-state index in [2.05, 4.69) is 38.9 Å². The van der Waals surface area contributed by atoms with Gasteiger partial charge >= 0.3 is 0 Å². The first-order valence-corrected chi connectivity index (χ1v) is 8.35. The Morgan fingerprint density at radius 3 is 2.42 bits per heavy atom. The van der Waals surface area contributed by atoms with Gasteiger partial charge in [-0.05, 0) is 17.7 Å². The summed E-state index contributed by atoms with van der Waals surface area (Å²) in [6.45, 7) is 4.63. The summed E-state index contributed by atoms with van der Waals surface area (Å²) in [5.41, 5.74) is 2.46. The average Bonchev–Trinajstić information content (AvgIpc) is 2.71. The van der Waals surface area contributed by atoms with E-state index in [9.17, 15) is 4.79 Å². The van der Waals surface area contributed by atoms with Gasteiger partial charge in [-0.15, -0.1) is 6.58 Å². The molecule has 2 aromatic carbocycles. The Kier molecular flexibility index (Phi) is 5.72. The first kappa shape index (κ1) is 17.4. The van der Waals surface area contributed by atoms with E-state index in [1.165, 1.54) is 6.33 Å². The summed E-state index contributed by atoms with van der Waals surface area (Å²) in [6, 6.07) is 21.8. The fraction of sp³-hybridized carbons (Fsp3) is 0.0952. The number of hydrogen-bond donors (Lipinski definition) is 1. The fourth-order valence-corrected chi connectivity index (χ4v) is 2.55. The molecule has 5 heteroatoms. The summed E-state index contributed by atoms with van der Waals surface area (Å²) in [4.78, 5) is 22.7. The van der Waals surface area contributed by atoms with Crippen molar-refractivity contribution < 1.29 is 4.79 Å². The molecule has 0 fully saturated rings. The van der Waals surface area contributed by atoms with Gasteiger partial charge in [0.05, 0.1) is 0 Å². The molecule has 0 atom stereocenters. The zero-order chi connectivity index (χ0) is 18.2. The van der Waals surface area contributed by atoms with Crippen molar-refractivity contribution in [1.82, 2.24) is 15.3 Å². The molecular weight excluding hydrogens is 324 g/mol. The topological polar surface area (TPSA) is 58.1 Å². The minimum absolute atomic E-state index is 0.249. The zero-order valence-corrected chi connectivity index (χ0v) is 14.4. The van der Waals surface area contributed by atoms with Gasteiger partial charge in [-0.2, -0.15) is 0 Å². The van der Waals surface area contributed by atoms with Crippen molar-refractivity contribution in [3.05, 3.63) is 97.0 Å². The van der Waals surface area contributed by atoms with Crippen molar-refractivity contribution in [2.45, 2.75) is 6.54 Å². The van der Waals surface area contributed by atoms with Crippen molar-refractivity contribution in [3.8, 4) is 0 Å². The summed E-state index contributed by atoms with van der Waals surface area (Å²) >= 11 is 0. The SMILES string of the molecule is C=CCNC(=O)c1cc(N(Cc2ccccc2)c2ccccc2)ncn1. The van der Waals surface area contributed by atoms with Gasteiger partial charge < -0.3 is 10.2 Å². The van der Waals surface area contributed by atoms with Crippen LogP contribution in [0.1, 0.15) is 16.1 Å². The standard InChI is InChI=1S/C21H20N4O/c1-2-13-22-21(26)19-14-20(24-16-23-19)25(18-11-7-4-8-12-18)15-17-9-5-3-6-10-17/h2-12,14,16H,1,13,15H2,(H,22,26). The molecule has 5 nitrogen and oxygen atoms in total. The number of nitrogens with zero attached hydrogens (tertiary/aromatic N) is 3. The second kappa shape index (κ2) is 8.58. The molecule has 0 unspecified atom stereocenters. The van der Waals surface area contributed by atoms with Crippen LogP contribution in [-0.4, -0.2) is 22.4 Å². The van der Waals surface area contributed by atoms with Crippen molar-refractivity contribution in [2.75, 3.05) is 11.4 Å². The summed E-state index contributed by atoms with van der Waals surface area (Å²) in [6.07, 6.45) is 3.05. The van der Waals surface area contributed by atoms with E-state index in [1.807, 2.05) is 48.5 Å². The summed E-state index contributed by atoms with van der Waals surface area (Å²) in [5, 5.41) is 2.74. The predicted molar refractivity (Wildman–Crippen MR) is 103 cm³/mol. The van der Waals surface area contributed by atoms with Crippen LogP contribution in [0.15, 0.2) is 85.7 Å². The lowest BCUT2D eigenvalue weighted by molar-refractivity contribution is 0.0953. The van der Waals surface area contributed by atoms with Crippen molar-refractivity contribution in [2.24, 2.45) is 0 Å². The van der Waals surface area contributed by atoms with Gasteiger partial charge in [0.25, 0.3) is 5.91 Å². The molecule has 1 N–H and O–H groups in total. The highest BCUT2D eigenvalue weighted by Gasteiger charge is 2.15. The molecule has 0 saturated heterocycles. The smallest absolute Gasteiger partial charge is 0.270 e. The third kappa shape index (κ3) is 4.33. The maximum Gasteiger partial charge on any atom is 0.270 e. The number of benzene rings is 2. The molecule has 130 valence electrons. The third-order valence-electron chi connectivity index (χ3n) is 3.82. The maximum absolute atomic E-state index is 12.2. The monoisotopic (exact) mass is 344 g/mol. The molecular formula is C21H20N4O. The van der Waals surface area contributed by atoms with Gasteiger partial charge in [-0.25, -0.2) is 9.97 Å². The highest BCUT2D eigenvalue weighted by molar-refractivity contribution is 5.93. The van der Waals surface area contributed by atoms with Crippen LogP contribution in [-0.2, 0) is 6.54 Å². The lowest BCUT2D eigenvalue weighted by Gasteiger charge is -2.24. The van der Waals surface area contributed by atoms with Crippen molar-refractivity contribution in [3.63, 3.8) is 0 Å². The number of aromatic nitrogens is 2. The molecule has 0 aliphatic heterocycles. The minimum atomic E-state index is -0.249. The Morgan fingerprint density at radius 2 is 1.73 bits per heavy atom. The number of carbonyl (C=O) groups excluding carboxylic acids is 1. The van der Waals surface area contributed by atoms with Crippen molar-refractivity contribution in [1.29, 1.82) is 0 Å². The van der Waals surface area contributed by atoms with Crippen LogP contribution in [0.3, 0.4) is 0 Å². The molecule has 0 radical (unpaired) electrons. The summed E-state index contributed by atoms with van der Waals surface area (Å²) in [5.74, 6) is 0.417. The first-order chi connectivity index (χ1) is 12.8. The zero-order valence-electron chi connectivity index (χ0n) is 14.4. The Bertz CT molecular complexity index is 865. The Labute approximate surface area is 153 Å². The number of carbonyl (C=O) groups is 1. The average molecular weight is 344 g/mol. The Hall–Kier alpha value is -3.47. The molecule has 0 spiro atoms. The van der Waals surface area contributed by atoms with Crippen LogP contribution in [0.5, 0.6) is 0 Å². The normalized spacial score (nSPS) is 10.2. The predicted octanol–water partition coefficient (Wildman–Crippen LogP) is 3.73. The summed E-state index contributed by atoms with van der Waals surface area (Å²) in [7, 11) is 0. The molecule has 0 aliphatic carbocycles. The van der Waals surface area contributed by atoms with E-state index >= 15 is 0 Å². The largest absolute Gasteiger partial charge is 0.347 e. The molecule has 26 heavy (non-hydrogen) atoms. The van der Waals surface area contributed by atoms with Crippen LogP contribution < -0.4 is 10.2 Å². The molecule has 0 saturated carbocycles. The van der Waals surface area contributed by atoms with Crippen LogP contribution in [0, 0.1) is 0 Å². The van der Waals surface area contributed by atoms with Gasteiger partial charge in [0, 0.05) is 24.8 Å². The molecule has 1 heterocycles. The lowest BCUT2D eigenvalue weighted by atomic mass is 10.2.